The summed E-state index contributed by atoms with van der Waals surface area (Å²) in [5.41, 5.74) is 3.79. The Balaban J connectivity index is 1.50. The molecular formula is C23H19N5O2. The van der Waals surface area contributed by atoms with Crippen molar-refractivity contribution in [3.63, 3.8) is 0 Å². The van der Waals surface area contributed by atoms with Crippen LogP contribution in [0.3, 0.4) is 0 Å². The number of anilines is 2. The number of hydrogen-bond acceptors (Lipinski definition) is 6. The van der Waals surface area contributed by atoms with Crippen LogP contribution in [0.4, 0.5) is 11.5 Å². The number of ether oxygens (including phenoxy) is 2. The lowest BCUT2D eigenvalue weighted by Gasteiger charge is -2.10. The fourth-order valence-corrected chi connectivity index (χ4v) is 3.50. The zero-order chi connectivity index (χ0) is 20.5. The molecule has 0 spiro atoms. The molecule has 30 heavy (non-hydrogen) atoms. The second-order valence-electron chi connectivity index (χ2n) is 6.74. The third kappa shape index (κ3) is 3.06. The van der Waals surface area contributed by atoms with E-state index >= 15 is 0 Å². The van der Waals surface area contributed by atoms with Crippen LogP contribution >= 0.6 is 0 Å². The molecule has 7 heteroatoms. The number of imidazole rings is 1. The monoisotopic (exact) mass is 397 g/mol. The topological polar surface area (TPSA) is 74.1 Å². The summed E-state index contributed by atoms with van der Waals surface area (Å²) in [4.78, 5) is 4.57. The molecule has 0 unspecified atom stereocenters. The summed E-state index contributed by atoms with van der Waals surface area (Å²) in [5.74, 6) is 1.99. The predicted molar refractivity (Wildman–Crippen MR) is 117 cm³/mol. The number of hydrogen-bond donors (Lipinski definition) is 1. The lowest BCUT2D eigenvalue weighted by Crippen LogP contribution is -1.99. The Morgan fingerprint density at radius 1 is 0.833 bits per heavy atom. The van der Waals surface area contributed by atoms with Gasteiger partial charge < -0.3 is 14.8 Å². The minimum Gasteiger partial charge on any atom is -0.497 e. The first kappa shape index (κ1) is 17.9. The molecule has 0 bridgehead atoms. The quantitative estimate of drug-likeness (QED) is 0.462. The van der Waals surface area contributed by atoms with E-state index in [1.54, 1.807) is 14.2 Å². The second kappa shape index (κ2) is 7.36. The van der Waals surface area contributed by atoms with Crippen molar-refractivity contribution in [2.75, 3.05) is 19.5 Å². The third-order valence-corrected chi connectivity index (χ3v) is 5.01. The standard InChI is InChI=1S/C23H19N5O2/c1-29-17-10-8-16(9-11-17)28-14-24-20-13-15(7-12-21(20)28)25-22-18-5-3-4-6-19(18)23(30-2)27-26-22/h3-14H,1-2H3,(H,25,26). The van der Waals surface area contributed by atoms with E-state index in [9.17, 15) is 0 Å². The van der Waals surface area contributed by atoms with Crippen LogP contribution < -0.4 is 14.8 Å². The summed E-state index contributed by atoms with van der Waals surface area (Å²) >= 11 is 0. The molecule has 0 aliphatic rings. The molecule has 0 saturated heterocycles. The Morgan fingerprint density at radius 2 is 1.63 bits per heavy atom. The van der Waals surface area contributed by atoms with Crippen molar-refractivity contribution >= 4 is 33.3 Å². The normalized spacial score (nSPS) is 11.0. The molecule has 5 rings (SSSR count). The van der Waals surface area contributed by atoms with Gasteiger partial charge in [0.1, 0.15) is 12.1 Å². The number of benzene rings is 3. The Morgan fingerprint density at radius 3 is 2.40 bits per heavy atom. The van der Waals surface area contributed by atoms with Crippen molar-refractivity contribution < 1.29 is 9.47 Å². The molecular weight excluding hydrogens is 378 g/mol. The number of nitrogens with one attached hydrogen (secondary N) is 1. The van der Waals surface area contributed by atoms with Crippen LogP contribution in [0.1, 0.15) is 0 Å². The molecule has 1 N–H and O–H groups in total. The van der Waals surface area contributed by atoms with Crippen molar-refractivity contribution in [3.05, 3.63) is 73.1 Å². The molecule has 0 amide bonds. The van der Waals surface area contributed by atoms with Gasteiger partial charge >= 0.3 is 0 Å². The summed E-state index contributed by atoms with van der Waals surface area (Å²) in [6, 6.07) is 21.8. The van der Waals surface area contributed by atoms with Gasteiger partial charge in [-0.3, -0.25) is 4.57 Å². The molecule has 7 nitrogen and oxygen atoms in total. The van der Waals surface area contributed by atoms with Crippen molar-refractivity contribution in [3.8, 4) is 17.3 Å². The molecule has 0 atom stereocenters. The molecule has 0 saturated carbocycles. The molecule has 3 aromatic carbocycles. The van der Waals surface area contributed by atoms with Gasteiger partial charge in [-0.25, -0.2) is 4.98 Å². The SMILES string of the molecule is COc1ccc(-n2cnc3cc(Nc4nnc(OC)c5ccccc45)ccc32)cc1. The highest BCUT2D eigenvalue weighted by Crippen LogP contribution is 2.30. The van der Waals surface area contributed by atoms with Gasteiger partial charge in [0.25, 0.3) is 0 Å². The fraction of sp³-hybridized carbons (Fsp3) is 0.0870. The van der Waals surface area contributed by atoms with E-state index in [0.717, 1.165) is 38.9 Å². The van der Waals surface area contributed by atoms with Crippen molar-refractivity contribution in [1.29, 1.82) is 0 Å². The maximum atomic E-state index is 5.33. The van der Waals surface area contributed by atoms with Gasteiger partial charge in [0, 0.05) is 22.1 Å². The highest BCUT2D eigenvalue weighted by molar-refractivity contribution is 5.96. The van der Waals surface area contributed by atoms with Gasteiger partial charge in [0.15, 0.2) is 5.82 Å². The average molecular weight is 397 g/mol. The Kier molecular flexibility index (Phi) is 4.40. The van der Waals surface area contributed by atoms with E-state index in [2.05, 4.69) is 20.5 Å². The molecule has 0 aliphatic carbocycles. The van der Waals surface area contributed by atoms with E-state index in [1.807, 2.05) is 77.6 Å². The first-order chi connectivity index (χ1) is 14.8. The summed E-state index contributed by atoms with van der Waals surface area (Å²) < 4.78 is 12.6. The zero-order valence-electron chi connectivity index (χ0n) is 16.5. The van der Waals surface area contributed by atoms with Crippen LogP contribution in [-0.4, -0.2) is 34.0 Å². The van der Waals surface area contributed by atoms with Gasteiger partial charge in [-0.15, -0.1) is 10.2 Å². The number of rotatable bonds is 5. The van der Waals surface area contributed by atoms with Gasteiger partial charge in [-0.2, -0.15) is 0 Å². The molecule has 5 aromatic rings. The minimum absolute atomic E-state index is 0.504. The number of methoxy groups -OCH3 is 2. The van der Waals surface area contributed by atoms with Gasteiger partial charge in [0.2, 0.25) is 5.88 Å². The van der Waals surface area contributed by atoms with E-state index in [4.69, 9.17) is 9.47 Å². The van der Waals surface area contributed by atoms with E-state index in [0.29, 0.717) is 11.7 Å². The van der Waals surface area contributed by atoms with Crippen LogP contribution in [0.2, 0.25) is 0 Å². The molecule has 148 valence electrons. The average Bonchev–Trinajstić information content (AvgIpc) is 3.22. The highest BCUT2D eigenvalue weighted by Gasteiger charge is 2.11. The lowest BCUT2D eigenvalue weighted by atomic mass is 10.2. The molecule has 2 heterocycles. The summed E-state index contributed by atoms with van der Waals surface area (Å²) in [6.07, 6.45) is 1.82. The van der Waals surface area contributed by atoms with Gasteiger partial charge in [-0.05, 0) is 48.5 Å². The Labute approximate surface area is 172 Å². The summed E-state index contributed by atoms with van der Waals surface area (Å²) in [6.45, 7) is 0. The Bertz CT molecular complexity index is 1350. The van der Waals surface area contributed by atoms with Crippen LogP contribution in [0.25, 0.3) is 27.5 Å². The van der Waals surface area contributed by atoms with Crippen molar-refractivity contribution in [2.45, 2.75) is 0 Å². The van der Waals surface area contributed by atoms with E-state index in [1.165, 1.54) is 0 Å². The van der Waals surface area contributed by atoms with Gasteiger partial charge in [-0.1, -0.05) is 18.2 Å². The number of fused-ring (bicyclic) bond motifs is 2. The maximum Gasteiger partial charge on any atom is 0.241 e. The molecule has 0 fully saturated rings. The minimum atomic E-state index is 0.504. The van der Waals surface area contributed by atoms with Gasteiger partial charge in [0.05, 0.1) is 25.3 Å². The number of aromatic nitrogens is 4. The van der Waals surface area contributed by atoms with E-state index < -0.39 is 0 Å². The Hall–Kier alpha value is -4.13. The van der Waals surface area contributed by atoms with Crippen LogP contribution in [0.15, 0.2) is 73.1 Å². The lowest BCUT2D eigenvalue weighted by molar-refractivity contribution is 0.398. The first-order valence-electron chi connectivity index (χ1n) is 9.45. The molecule has 0 radical (unpaired) electrons. The summed E-state index contributed by atoms with van der Waals surface area (Å²) in [5, 5.41) is 13.7. The fourth-order valence-electron chi connectivity index (χ4n) is 3.50. The summed E-state index contributed by atoms with van der Waals surface area (Å²) in [7, 11) is 3.25. The predicted octanol–water partition coefficient (Wildman–Crippen LogP) is 4.73. The second-order valence-corrected chi connectivity index (χ2v) is 6.74. The first-order valence-corrected chi connectivity index (χ1v) is 9.45. The third-order valence-electron chi connectivity index (χ3n) is 5.01. The zero-order valence-corrected chi connectivity index (χ0v) is 16.5. The smallest absolute Gasteiger partial charge is 0.241 e. The van der Waals surface area contributed by atoms with Crippen LogP contribution in [0.5, 0.6) is 11.6 Å². The molecule has 2 aromatic heterocycles. The largest absolute Gasteiger partial charge is 0.497 e. The number of nitrogens with zero attached hydrogens (tertiary/aromatic N) is 4. The highest BCUT2D eigenvalue weighted by atomic mass is 16.5. The van der Waals surface area contributed by atoms with Crippen molar-refractivity contribution in [1.82, 2.24) is 19.7 Å². The maximum absolute atomic E-state index is 5.33. The van der Waals surface area contributed by atoms with Crippen LogP contribution in [0, 0.1) is 0 Å². The van der Waals surface area contributed by atoms with Crippen molar-refractivity contribution in [2.24, 2.45) is 0 Å². The van der Waals surface area contributed by atoms with Crippen LogP contribution in [-0.2, 0) is 0 Å². The molecule has 0 aliphatic heterocycles. The van der Waals surface area contributed by atoms with E-state index in [-0.39, 0.29) is 0 Å².